The quantitative estimate of drug-likeness (QED) is 0.878. The van der Waals surface area contributed by atoms with Crippen molar-refractivity contribution in [1.29, 1.82) is 0 Å². The second-order valence-corrected chi connectivity index (χ2v) is 6.16. The van der Waals surface area contributed by atoms with E-state index >= 15 is 0 Å². The predicted octanol–water partition coefficient (Wildman–Crippen LogP) is 2.00. The Morgan fingerprint density at radius 1 is 1.52 bits per heavy atom. The lowest BCUT2D eigenvalue weighted by Crippen LogP contribution is -2.39. The minimum Gasteiger partial charge on any atom is -0.468 e. The number of nitrogens with two attached hydrogens (primary N) is 1. The van der Waals surface area contributed by atoms with Gasteiger partial charge in [-0.3, -0.25) is 4.90 Å². The third-order valence-corrected chi connectivity index (χ3v) is 4.55. The summed E-state index contributed by atoms with van der Waals surface area (Å²) in [5.41, 5.74) is 7.93. The van der Waals surface area contributed by atoms with E-state index in [1.54, 1.807) is 6.20 Å². The van der Waals surface area contributed by atoms with E-state index in [0.29, 0.717) is 11.7 Å². The Hall–Kier alpha value is -1.92. The van der Waals surface area contributed by atoms with Crippen LogP contribution in [0.1, 0.15) is 22.0 Å². The molecule has 0 amide bonds. The van der Waals surface area contributed by atoms with Crippen molar-refractivity contribution in [2.75, 3.05) is 19.4 Å². The third kappa shape index (κ3) is 2.77. The van der Waals surface area contributed by atoms with Crippen LogP contribution < -0.4 is 5.73 Å². The fraction of sp³-hybridized carbons (Fsp3) is 0.333. The maximum absolute atomic E-state index is 12.2. The Bertz CT molecular complexity index is 656. The standard InChI is InChI=1S/C15H17N3O2S/c1-20-14(19)13-12-5-3-2-4-10(12)6-7-18(13)9-11-8-17-15(16)21-11/h2-5,8,13H,6-7,9H2,1H3,(H2,16,17). The Labute approximate surface area is 127 Å². The van der Waals surface area contributed by atoms with Crippen molar-refractivity contribution < 1.29 is 9.53 Å². The normalized spacial score (nSPS) is 18.2. The number of hydrogen-bond acceptors (Lipinski definition) is 6. The highest BCUT2D eigenvalue weighted by atomic mass is 32.1. The van der Waals surface area contributed by atoms with Gasteiger partial charge in [-0.15, -0.1) is 11.3 Å². The zero-order chi connectivity index (χ0) is 14.8. The van der Waals surface area contributed by atoms with Crippen LogP contribution in [0.15, 0.2) is 30.5 Å². The number of nitrogen functional groups attached to an aromatic ring is 1. The van der Waals surface area contributed by atoms with E-state index < -0.39 is 0 Å². The van der Waals surface area contributed by atoms with Gasteiger partial charge in [0, 0.05) is 24.2 Å². The molecule has 0 aliphatic carbocycles. The van der Waals surface area contributed by atoms with Gasteiger partial charge in [-0.2, -0.15) is 0 Å². The van der Waals surface area contributed by atoms with Crippen LogP contribution in [0.2, 0.25) is 0 Å². The summed E-state index contributed by atoms with van der Waals surface area (Å²) in [6, 6.07) is 7.69. The molecule has 1 aliphatic rings. The predicted molar refractivity (Wildman–Crippen MR) is 81.8 cm³/mol. The van der Waals surface area contributed by atoms with E-state index in [9.17, 15) is 4.79 Å². The van der Waals surface area contributed by atoms with Crippen molar-refractivity contribution in [2.24, 2.45) is 0 Å². The van der Waals surface area contributed by atoms with E-state index in [1.165, 1.54) is 24.0 Å². The second-order valence-electron chi connectivity index (χ2n) is 5.01. The van der Waals surface area contributed by atoms with Crippen molar-refractivity contribution in [3.63, 3.8) is 0 Å². The molecule has 5 nitrogen and oxygen atoms in total. The van der Waals surface area contributed by atoms with Crippen molar-refractivity contribution >= 4 is 22.4 Å². The maximum Gasteiger partial charge on any atom is 0.327 e. The summed E-state index contributed by atoms with van der Waals surface area (Å²) in [5, 5.41) is 0.553. The molecule has 1 unspecified atom stereocenters. The van der Waals surface area contributed by atoms with Gasteiger partial charge in [-0.25, -0.2) is 9.78 Å². The van der Waals surface area contributed by atoms with Gasteiger partial charge in [-0.1, -0.05) is 24.3 Å². The van der Waals surface area contributed by atoms with Crippen molar-refractivity contribution in [2.45, 2.75) is 19.0 Å². The Morgan fingerprint density at radius 3 is 3.05 bits per heavy atom. The lowest BCUT2D eigenvalue weighted by atomic mass is 9.92. The molecule has 2 heterocycles. The summed E-state index contributed by atoms with van der Waals surface area (Å²) in [6.07, 6.45) is 2.70. The number of benzene rings is 1. The monoisotopic (exact) mass is 303 g/mol. The van der Waals surface area contributed by atoms with Crippen molar-refractivity contribution in [1.82, 2.24) is 9.88 Å². The van der Waals surface area contributed by atoms with E-state index in [4.69, 9.17) is 10.5 Å². The first kappa shape index (κ1) is 14.0. The summed E-state index contributed by atoms with van der Waals surface area (Å²) < 4.78 is 5.00. The highest BCUT2D eigenvalue weighted by Gasteiger charge is 2.33. The molecule has 0 radical (unpaired) electrons. The number of carbonyl (C=O) groups is 1. The molecular weight excluding hydrogens is 286 g/mol. The smallest absolute Gasteiger partial charge is 0.327 e. The minimum absolute atomic E-state index is 0.223. The molecule has 0 fully saturated rings. The fourth-order valence-corrected chi connectivity index (χ4v) is 3.48. The number of hydrogen-bond donors (Lipinski definition) is 1. The SMILES string of the molecule is COC(=O)C1c2ccccc2CCN1Cc1cnc(N)s1. The minimum atomic E-state index is -0.358. The lowest BCUT2D eigenvalue weighted by molar-refractivity contribution is -0.148. The van der Waals surface area contributed by atoms with Crippen LogP contribution in [0.3, 0.4) is 0 Å². The molecule has 0 saturated carbocycles. The van der Waals surface area contributed by atoms with Crippen molar-refractivity contribution in [3.05, 3.63) is 46.5 Å². The number of esters is 1. The molecule has 1 atom stereocenters. The highest BCUT2D eigenvalue weighted by molar-refractivity contribution is 7.15. The molecule has 0 spiro atoms. The number of rotatable bonds is 3. The van der Waals surface area contributed by atoms with Crippen LogP contribution in [0.4, 0.5) is 5.13 Å². The van der Waals surface area contributed by atoms with E-state index in [2.05, 4.69) is 16.0 Å². The topological polar surface area (TPSA) is 68.5 Å². The number of anilines is 1. The first-order valence-electron chi connectivity index (χ1n) is 6.79. The van der Waals surface area contributed by atoms with Gasteiger partial charge in [0.1, 0.15) is 6.04 Å². The van der Waals surface area contributed by atoms with E-state index in [1.807, 2.05) is 18.2 Å². The zero-order valence-corrected chi connectivity index (χ0v) is 12.6. The van der Waals surface area contributed by atoms with Gasteiger partial charge in [-0.05, 0) is 17.5 Å². The molecule has 2 aromatic rings. The summed E-state index contributed by atoms with van der Waals surface area (Å²) in [5.74, 6) is -0.223. The van der Waals surface area contributed by atoms with Crippen LogP contribution in [0.5, 0.6) is 0 Å². The van der Waals surface area contributed by atoms with Crippen LogP contribution in [0.25, 0.3) is 0 Å². The Morgan fingerprint density at radius 2 is 2.33 bits per heavy atom. The Balaban J connectivity index is 1.91. The van der Waals surface area contributed by atoms with Gasteiger partial charge >= 0.3 is 5.97 Å². The van der Waals surface area contributed by atoms with Crippen molar-refractivity contribution in [3.8, 4) is 0 Å². The summed E-state index contributed by atoms with van der Waals surface area (Å²) in [4.78, 5) is 19.5. The van der Waals surface area contributed by atoms with Gasteiger partial charge in [0.2, 0.25) is 0 Å². The van der Waals surface area contributed by atoms with Crippen LogP contribution >= 0.6 is 11.3 Å². The summed E-state index contributed by atoms with van der Waals surface area (Å²) in [7, 11) is 1.43. The summed E-state index contributed by atoms with van der Waals surface area (Å²) in [6.45, 7) is 1.47. The fourth-order valence-electron chi connectivity index (χ4n) is 2.77. The molecule has 6 heteroatoms. The number of aromatic nitrogens is 1. The Kier molecular flexibility index (Phi) is 3.90. The van der Waals surface area contributed by atoms with E-state index in [0.717, 1.165) is 23.4 Å². The molecule has 3 rings (SSSR count). The first-order valence-corrected chi connectivity index (χ1v) is 7.60. The van der Waals surface area contributed by atoms with Gasteiger partial charge < -0.3 is 10.5 Å². The average Bonchev–Trinajstić information content (AvgIpc) is 2.91. The molecule has 1 aromatic carbocycles. The largest absolute Gasteiger partial charge is 0.468 e. The number of ether oxygens (including phenoxy) is 1. The number of carbonyl (C=O) groups excluding carboxylic acids is 1. The third-order valence-electron chi connectivity index (χ3n) is 3.74. The molecule has 1 aliphatic heterocycles. The number of nitrogens with zero attached hydrogens (tertiary/aromatic N) is 2. The lowest BCUT2D eigenvalue weighted by Gasteiger charge is -2.35. The molecule has 0 bridgehead atoms. The molecule has 21 heavy (non-hydrogen) atoms. The summed E-state index contributed by atoms with van der Waals surface area (Å²) >= 11 is 1.46. The van der Waals surface area contributed by atoms with Gasteiger partial charge in [0.05, 0.1) is 7.11 Å². The maximum atomic E-state index is 12.2. The molecular formula is C15H17N3O2S. The highest BCUT2D eigenvalue weighted by Crippen LogP contribution is 2.32. The molecule has 2 N–H and O–H groups in total. The van der Waals surface area contributed by atoms with Gasteiger partial charge in [0.15, 0.2) is 5.13 Å². The number of fused-ring (bicyclic) bond motifs is 1. The number of thiazole rings is 1. The molecule has 1 aromatic heterocycles. The molecule has 0 saturated heterocycles. The first-order chi connectivity index (χ1) is 10.2. The zero-order valence-electron chi connectivity index (χ0n) is 11.8. The second kappa shape index (κ2) is 5.83. The number of methoxy groups -OCH3 is 1. The van der Waals surface area contributed by atoms with Crippen LogP contribution in [-0.4, -0.2) is 29.5 Å². The van der Waals surface area contributed by atoms with Crippen LogP contribution in [-0.2, 0) is 22.5 Å². The average molecular weight is 303 g/mol. The van der Waals surface area contributed by atoms with E-state index in [-0.39, 0.29) is 12.0 Å². The van der Waals surface area contributed by atoms with Gasteiger partial charge in [0.25, 0.3) is 0 Å². The molecule has 110 valence electrons. The van der Waals surface area contributed by atoms with Crippen LogP contribution in [0, 0.1) is 0 Å².